The van der Waals surface area contributed by atoms with Gasteiger partial charge in [-0.2, -0.15) is 0 Å². The van der Waals surface area contributed by atoms with Crippen molar-refractivity contribution < 1.29 is 4.86 Å². The second kappa shape index (κ2) is 5.14. The van der Waals surface area contributed by atoms with Crippen LogP contribution in [0.1, 0.15) is 0 Å². The van der Waals surface area contributed by atoms with Crippen LogP contribution in [-0.2, 0) is 0 Å². The molecule has 0 spiro atoms. The van der Waals surface area contributed by atoms with Gasteiger partial charge in [0.05, 0.1) is 22.1 Å². The molecule has 4 N–H and O–H groups in total. The molecule has 9 heteroatoms. The number of nitrogens with one attached hydrogen (secondary N) is 4. The Balaban J connectivity index is 1.77. The molecular weight excluding hydrogens is 332 g/mol. The molecule has 0 amide bonds. The Kier molecular flexibility index (Phi) is 3.10. The number of nitrogens with zero attached hydrogens (tertiary/aromatic N) is 2. The zero-order chi connectivity index (χ0) is 16.0. The van der Waals surface area contributed by atoms with Gasteiger partial charge in [0.2, 0.25) is 5.69 Å². The van der Waals surface area contributed by atoms with Crippen molar-refractivity contribution >= 4 is 57.9 Å². The minimum absolute atomic E-state index is 0.407. The summed E-state index contributed by atoms with van der Waals surface area (Å²) < 4.78 is 1.05. The summed E-state index contributed by atoms with van der Waals surface area (Å²) >= 11 is 10.1. The molecule has 0 atom stereocenters. The van der Waals surface area contributed by atoms with Crippen LogP contribution < -0.4 is 0 Å². The molecule has 0 radical (unpaired) electrons. The van der Waals surface area contributed by atoms with E-state index >= 15 is 0 Å². The van der Waals surface area contributed by atoms with Crippen LogP contribution >= 0.6 is 24.4 Å². The first-order valence-electron chi connectivity index (χ1n) is 6.71. The standard InChI is InChI=1S/C14H10N6OS2/c21-20(8-2-4-10-12(6-8)18-14(23)16-10)19-7-1-3-9-11(5-7)17-13(22)15-9/h1-6H,(H2,15,17,22)(H2,16,18,23). The molecule has 0 fully saturated rings. The van der Waals surface area contributed by atoms with Crippen LogP contribution in [0.25, 0.3) is 22.1 Å². The highest BCUT2D eigenvalue weighted by atomic mass is 32.1. The second-order valence-corrected chi connectivity index (χ2v) is 5.81. The third kappa shape index (κ3) is 2.56. The molecule has 114 valence electrons. The van der Waals surface area contributed by atoms with Gasteiger partial charge in [-0.1, -0.05) is 4.86 Å². The summed E-state index contributed by atoms with van der Waals surface area (Å²) in [7, 11) is 0. The topological polar surface area (TPSA) is 102 Å². The lowest BCUT2D eigenvalue weighted by Gasteiger charge is -2.00. The van der Waals surface area contributed by atoms with Gasteiger partial charge in [-0.05, 0) is 48.7 Å². The predicted molar refractivity (Wildman–Crippen MR) is 92.3 cm³/mol. The first-order valence-corrected chi connectivity index (χ1v) is 7.53. The van der Waals surface area contributed by atoms with Crippen LogP contribution in [0.3, 0.4) is 0 Å². The number of H-pyrrole nitrogens is 4. The summed E-state index contributed by atoms with van der Waals surface area (Å²) in [6.07, 6.45) is 0. The lowest BCUT2D eigenvalue weighted by Crippen LogP contribution is -1.90. The third-order valence-corrected chi connectivity index (χ3v) is 3.83. The van der Waals surface area contributed by atoms with Gasteiger partial charge in [0.15, 0.2) is 9.54 Å². The first-order chi connectivity index (χ1) is 11.1. The van der Waals surface area contributed by atoms with Gasteiger partial charge in [-0.15, -0.1) is 0 Å². The molecule has 0 aliphatic carbocycles. The number of rotatable bonds is 2. The molecule has 2 heterocycles. The van der Waals surface area contributed by atoms with Crippen LogP contribution in [0.15, 0.2) is 41.5 Å². The number of fused-ring (bicyclic) bond motifs is 2. The Morgan fingerprint density at radius 2 is 1.35 bits per heavy atom. The van der Waals surface area contributed by atoms with E-state index in [1.165, 1.54) is 0 Å². The third-order valence-electron chi connectivity index (χ3n) is 3.43. The van der Waals surface area contributed by atoms with Crippen molar-refractivity contribution in [1.29, 1.82) is 0 Å². The SMILES string of the molecule is [O-][N+](=Nc1ccc2[nH]c(=S)[nH]c2c1)c1ccc2[nH]c(=S)[nH]c2c1. The normalized spacial score (nSPS) is 12.3. The van der Waals surface area contributed by atoms with Gasteiger partial charge in [0, 0.05) is 17.2 Å². The van der Waals surface area contributed by atoms with Crippen molar-refractivity contribution in [2.45, 2.75) is 0 Å². The second-order valence-electron chi connectivity index (χ2n) is 4.99. The summed E-state index contributed by atoms with van der Waals surface area (Å²) in [6.45, 7) is 0. The van der Waals surface area contributed by atoms with Crippen LogP contribution in [-0.4, -0.2) is 24.8 Å². The van der Waals surface area contributed by atoms with Gasteiger partial charge in [-0.3, -0.25) is 0 Å². The summed E-state index contributed by atoms with van der Waals surface area (Å²) in [5.74, 6) is 0. The lowest BCUT2D eigenvalue weighted by atomic mass is 10.3. The van der Waals surface area contributed by atoms with Crippen molar-refractivity contribution in [2.24, 2.45) is 5.11 Å². The van der Waals surface area contributed by atoms with E-state index in [4.69, 9.17) is 24.4 Å². The zero-order valence-corrected chi connectivity index (χ0v) is 13.2. The van der Waals surface area contributed by atoms with Crippen molar-refractivity contribution in [3.8, 4) is 0 Å². The highest BCUT2D eigenvalue weighted by Crippen LogP contribution is 2.23. The molecule has 4 aromatic rings. The van der Waals surface area contributed by atoms with E-state index in [0.717, 1.165) is 22.1 Å². The summed E-state index contributed by atoms with van der Waals surface area (Å²) in [5, 5.41) is 16.3. The Labute approximate surface area is 139 Å². The van der Waals surface area contributed by atoms with E-state index < -0.39 is 0 Å². The highest BCUT2D eigenvalue weighted by Gasteiger charge is 2.08. The van der Waals surface area contributed by atoms with E-state index in [9.17, 15) is 5.21 Å². The van der Waals surface area contributed by atoms with Gasteiger partial charge < -0.3 is 25.1 Å². The average Bonchev–Trinajstić information content (AvgIpc) is 3.06. The average molecular weight is 342 g/mol. The predicted octanol–water partition coefficient (Wildman–Crippen LogP) is 4.69. The molecule has 0 bridgehead atoms. The van der Waals surface area contributed by atoms with Crippen molar-refractivity contribution in [1.82, 2.24) is 19.9 Å². The van der Waals surface area contributed by atoms with Gasteiger partial charge in [0.25, 0.3) is 0 Å². The fourth-order valence-corrected chi connectivity index (χ4v) is 2.82. The van der Waals surface area contributed by atoms with E-state index in [0.29, 0.717) is 25.8 Å². The van der Waals surface area contributed by atoms with Crippen LogP contribution in [0.5, 0.6) is 0 Å². The monoisotopic (exact) mass is 342 g/mol. The molecule has 23 heavy (non-hydrogen) atoms. The number of hydrogen-bond donors (Lipinski definition) is 4. The summed E-state index contributed by atoms with van der Waals surface area (Å²) in [4.78, 5) is 12.5. The van der Waals surface area contributed by atoms with E-state index in [2.05, 4.69) is 25.1 Å². The number of hydrogen-bond acceptors (Lipinski definition) is 4. The van der Waals surface area contributed by atoms with Crippen molar-refractivity contribution in [2.75, 3.05) is 0 Å². The van der Waals surface area contributed by atoms with Gasteiger partial charge in [-0.25, -0.2) is 0 Å². The van der Waals surface area contributed by atoms with Crippen molar-refractivity contribution in [3.63, 3.8) is 0 Å². The molecule has 0 aliphatic heterocycles. The van der Waals surface area contributed by atoms with Crippen molar-refractivity contribution in [3.05, 3.63) is 51.1 Å². The van der Waals surface area contributed by atoms with E-state index in [-0.39, 0.29) is 0 Å². The molecule has 0 aliphatic rings. The molecular formula is C14H10N6OS2. The number of aromatic nitrogens is 4. The molecule has 0 saturated heterocycles. The number of benzene rings is 2. The molecule has 4 rings (SSSR count). The quantitative estimate of drug-likeness (QED) is 0.184. The maximum atomic E-state index is 12.3. The Morgan fingerprint density at radius 1 is 0.783 bits per heavy atom. The van der Waals surface area contributed by atoms with Crippen LogP contribution in [0, 0.1) is 14.7 Å². The number of azo groups is 1. The van der Waals surface area contributed by atoms with E-state index in [1.807, 2.05) is 6.07 Å². The van der Waals surface area contributed by atoms with Crippen LogP contribution in [0.2, 0.25) is 0 Å². The highest BCUT2D eigenvalue weighted by molar-refractivity contribution is 7.71. The van der Waals surface area contributed by atoms with Crippen LogP contribution in [0.4, 0.5) is 11.4 Å². The zero-order valence-electron chi connectivity index (χ0n) is 11.6. The van der Waals surface area contributed by atoms with Gasteiger partial charge >= 0.3 is 0 Å². The molecule has 0 saturated carbocycles. The molecule has 2 aromatic carbocycles. The Bertz CT molecular complexity index is 1180. The molecule has 2 aromatic heterocycles. The fourth-order valence-electron chi connectivity index (χ4n) is 2.38. The summed E-state index contributed by atoms with van der Waals surface area (Å²) in [5.41, 5.74) is 4.20. The largest absolute Gasteiger partial charge is 0.594 e. The number of imidazole rings is 2. The Hall–Kier alpha value is -2.78. The Morgan fingerprint density at radius 3 is 2.04 bits per heavy atom. The minimum atomic E-state index is 0.407. The molecule has 0 unspecified atom stereocenters. The summed E-state index contributed by atoms with van der Waals surface area (Å²) in [6, 6.07) is 10.5. The van der Waals surface area contributed by atoms with E-state index in [1.54, 1.807) is 30.3 Å². The maximum absolute atomic E-state index is 12.3. The van der Waals surface area contributed by atoms with Gasteiger partial charge in [0.1, 0.15) is 5.69 Å². The lowest BCUT2D eigenvalue weighted by molar-refractivity contribution is -0.435. The molecule has 7 nitrogen and oxygen atoms in total. The smallest absolute Gasteiger partial charge is 0.247 e. The fraction of sp³-hybridized carbons (Fsp3) is 0. The first kappa shape index (κ1) is 13.9. The maximum Gasteiger partial charge on any atom is 0.247 e. The minimum Gasteiger partial charge on any atom is -0.594 e. The number of aromatic amines is 4.